The van der Waals surface area contributed by atoms with E-state index < -0.39 is 0 Å². The number of ether oxygens (including phenoxy) is 1. The molecule has 3 aromatic rings. The van der Waals surface area contributed by atoms with Crippen LogP contribution in [-0.2, 0) is 24.3 Å². The van der Waals surface area contributed by atoms with Crippen molar-refractivity contribution in [2.45, 2.75) is 38.3 Å². The number of hydrogen-bond donors (Lipinski definition) is 1. The fourth-order valence-electron chi connectivity index (χ4n) is 3.99. The quantitative estimate of drug-likeness (QED) is 0.684. The number of nitrogens with zero attached hydrogens (tertiary/aromatic N) is 4. The molecule has 6 heteroatoms. The molecule has 1 aromatic carbocycles. The smallest absolute Gasteiger partial charge is 0.153 e. The van der Waals surface area contributed by atoms with Gasteiger partial charge in [-0.25, -0.2) is 9.97 Å². The Kier molecular flexibility index (Phi) is 6.09. The van der Waals surface area contributed by atoms with Gasteiger partial charge in [0.2, 0.25) is 0 Å². The van der Waals surface area contributed by atoms with E-state index in [1.165, 1.54) is 29.7 Å². The van der Waals surface area contributed by atoms with E-state index in [-0.39, 0.29) is 0 Å². The van der Waals surface area contributed by atoms with Crippen molar-refractivity contribution in [3.05, 3.63) is 77.1 Å². The van der Waals surface area contributed by atoms with E-state index in [9.17, 15) is 0 Å². The van der Waals surface area contributed by atoms with Crippen molar-refractivity contribution < 1.29 is 4.74 Å². The predicted molar refractivity (Wildman–Crippen MR) is 108 cm³/mol. The molecule has 0 saturated carbocycles. The Morgan fingerprint density at radius 3 is 2.71 bits per heavy atom. The second kappa shape index (κ2) is 9.08. The largest absolute Gasteiger partial charge is 0.377 e. The number of piperidine rings is 1. The maximum Gasteiger partial charge on any atom is 0.153 e. The maximum atomic E-state index is 5.08. The minimum Gasteiger partial charge on any atom is -0.377 e. The molecule has 2 aromatic heterocycles. The number of likely N-dealkylation sites (tertiary alicyclic amines) is 1. The Morgan fingerprint density at radius 1 is 1.11 bits per heavy atom. The molecule has 0 aliphatic carbocycles. The average molecular weight is 377 g/mol. The molecule has 0 bridgehead atoms. The molecule has 146 valence electrons. The van der Waals surface area contributed by atoms with E-state index in [1.807, 2.05) is 18.6 Å². The van der Waals surface area contributed by atoms with Gasteiger partial charge in [-0.1, -0.05) is 30.3 Å². The van der Waals surface area contributed by atoms with Gasteiger partial charge in [0.25, 0.3) is 0 Å². The minimum atomic E-state index is 0.454. The molecule has 4 rings (SSSR count). The van der Waals surface area contributed by atoms with Crippen LogP contribution in [0, 0.1) is 0 Å². The first-order chi connectivity index (χ1) is 13.8. The average Bonchev–Trinajstić information content (AvgIpc) is 3.19. The lowest BCUT2D eigenvalue weighted by molar-refractivity contribution is 0.177. The van der Waals surface area contributed by atoms with E-state index in [0.717, 1.165) is 37.4 Å². The van der Waals surface area contributed by atoms with Crippen molar-refractivity contribution in [3.63, 3.8) is 0 Å². The highest BCUT2D eigenvalue weighted by Gasteiger charge is 2.24. The van der Waals surface area contributed by atoms with Gasteiger partial charge >= 0.3 is 0 Å². The lowest BCUT2D eigenvalue weighted by Crippen LogP contribution is -2.34. The summed E-state index contributed by atoms with van der Waals surface area (Å²) >= 11 is 0. The van der Waals surface area contributed by atoms with Crippen molar-refractivity contribution in [1.82, 2.24) is 25.1 Å². The van der Waals surface area contributed by atoms with Crippen LogP contribution in [0.4, 0.5) is 0 Å². The van der Waals surface area contributed by atoms with Gasteiger partial charge in [0.15, 0.2) is 5.82 Å². The second-order valence-electron chi connectivity index (χ2n) is 7.49. The number of aromatic nitrogens is 4. The molecule has 0 radical (unpaired) electrons. The number of nitrogens with one attached hydrogen (secondary N) is 1. The monoisotopic (exact) mass is 377 g/mol. The fraction of sp³-hybridized carbons (Fsp3) is 0.409. The summed E-state index contributed by atoms with van der Waals surface area (Å²) in [4.78, 5) is 11.3. The molecule has 1 N–H and O–H groups in total. The third-order valence-electron chi connectivity index (χ3n) is 5.34. The number of methoxy groups -OCH3 is 1. The Bertz CT molecular complexity index is 862. The zero-order valence-corrected chi connectivity index (χ0v) is 16.3. The van der Waals surface area contributed by atoms with E-state index in [2.05, 4.69) is 55.4 Å². The zero-order valence-electron chi connectivity index (χ0n) is 16.3. The lowest BCUT2D eigenvalue weighted by atomic mass is 9.90. The van der Waals surface area contributed by atoms with Gasteiger partial charge in [-0.2, -0.15) is 5.10 Å². The maximum absolute atomic E-state index is 5.08. The molecule has 1 aliphatic heterocycles. The fourth-order valence-corrected chi connectivity index (χ4v) is 3.99. The van der Waals surface area contributed by atoms with Crippen molar-refractivity contribution in [2.24, 2.45) is 0 Å². The van der Waals surface area contributed by atoms with Crippen molar-refractivity contribution in [2.75, 3.05) is 20.2 Å². The Labute approximate surface area is 166 Å². The van der Waals surface area contributed by atoms with E-state index in [1.54, 1.807) is 7.11 Å². The normalized spacial score (nSPS) is 17.7. The minimum absolute atomic E-state index is 0.454. The molecular weight excluding hydrogens is 350 g/mol. The first kappa shape index (κ1) is 18.8. The van der Waals surface area contributed by atoms with Crippen LogP contribution in [0.5, 0.6) is 0 Å². The third kappa shape index (κ3) is 4.64. The summed E-state index contributed by atoms with van der Waals surface area (Å²) < 4.78 is 5.08. The van der Waals surface area contributed by atoms with Crippen molar-refractivity contribution in [1.29, 1.82) is 0 Å². The first-order valence-corrected chi connectivity index (χ1v) is 9.89. The molecule has 3 heterocycles. The summed E-state index contributed by atoms with van der Waals surface area (Å²) in [6.45, 7) is 3.48. The number of benzene rings is 1. The van der Waals surface area contributed by atoms with Crippen LogP contribution < -0.4 is 0 Å². The van der Waals surface area contributed by atoms with E-state index in [4.69, 9.17) is 4.74 Å². The molecule has 1 atom stereocenters. The Balaban J connectivity index is 1.41. The van der Waals surface area contributed by atoms with Gasteiger partial charge in [-0.3, -0.25) is 10.00 Å². The standard InChI is InChI=1S/C22H27N5O/c1-28-16-21-23-11-18(12-24-21)14-27-9-5-8-19(15-27)22-20(13-25-26-22)10-17-6-3-2-4-7-17/h2-4,6-7,11-13,19H,5,8-10,14-16H2,1H3,(H,25,26). The summed E-state index contributed by atoms with van der Waals surface area (Å²) in [7, 11) is 1.66. The van der Waals surface area contributed by atoms with Gasteiger partial charge in [0, 0.05) is 56.2 Å². The van der Waals surface area contributed by atoms with Gasteiger partial charge in [-0.05, 0) is 30.5 Å². The lowest BCUT2D eigenvalue weighted by Gasteiger charge is -2.32. The number of rotatable bonds is 7. The predicted octanol–water partition coefficient (Wildman–Crippen LogP) is 3.32. The van der Waals surface area contributed by atoms with Gasteiger partial charge in [0.1, 0.15) is 6.61 Å². The molecule has 0 spiro atoms. The molecular formula is C22H27N5O. The van der Waals surface area contributed by atoms with E-state index >= 15 is 0 Å². The molecule has 1 aliphatic rings. The third-order valence-corrected chi connectivity index (χ3v) is 5.34. The summed E-state index contributed by atoms with van der Waals surface area (Å²) in [5.74, 6) is 1.22. The van der Waals surface area contributed by atoms with Crippen molar-refractivity contribution >= 4 is 0 Å². The van der Waals surface area contributed by atoms with Crippen LogP contribution in [0.1, 0.15) is 47.0 Å². The van der Waals surface area contributed by atoms with Gasteiger partial charge < -0.3 is 4.74 Å². The van der Waals surface area contributed by atoms with Crippen LogP contribution in [0.3, 0.4) is 0 Å². The second-order valence-corrected chi connectivity index (χ2v) is 7.49. The Morgan fingerprint density at radius 2 is 1.93 bits per heavy atom. The van der Waals surface area contributed by atoms with Gasteiger partial charge in [0.05, 0.1) is 6.20 Å². The topological polar surface area (TPSA) is 66.9 Å². The first-order valence-electron chi connectivity index (χ1n) is 9.89. The highest BCUT2D eigenvalue weighted by molar-refractivity contribution is 5.29. The van der Waals surface area contributed by atoms with Crippen LogP contribution in [0.25, 0.3) is 0 Å². The van der Waals surface area contributed by atoms with E-state index in [0.29, 0.717) is 12.5 Å². The Hall–Kier alpha value is -2.57. The number of hydrogen-bond acceptors (Lipinski definition) is 5. The summed E-state index contributed by atoms with van der Waals surface area (Å²) in [6, 6.07) is 10.6. The molecule has 1 saturated heterocycles. The number of H-pyrrole nitrogens is 1. The molecule has 28 heavy (non-hydrogen) atoms. The highest BCUT2D eigenvalue weighted by Crippen LogP contribution is 2.29. The summed E-state index contributed by atoms with van der Waals surface area (Å²) in [5.41, 5.74) is 5.08. The van der Waals surface area contributed by atoms with Crippen LogP contribution in [-0.4, -0.2) is 45.3 Å². The molecule has 1 unspecified atom stereocenters. The molecule has 0 amide bonds. The summed E-state index contributed by atoms with van der Waals surface area (Å²) in [5, 5.41) is 7.64. The highest BCUT2D eigenvalue weighted by atomic mass is 16.5. The van der Waals surface area contributed by atoms with Crippen LogP contribution in [0.2, 0.25) is 0 Å². The van der Waals surface area contributed by atoms with Gasteiger partial charge in [-0.15, -0.1) is 0 Å². The molecule has 6 nitrogen and oxygen atoms in total. The van der Waals surface area contributed by atoms with Crippen molar-refractivity contribution in [3.8, 4) is 0 Å². The molecule has 1 fully saturated rings. The summed E-state index contributed by atoms with van der Waals surface area (Å²) in [6.07, 6.45) is 9.15. The van der Waals surface area contributed by atoms with Crippen LogP contribution >= 0.6 is 0 Å². The SMILES string of the molecule is COCc1ncc(CN2CCCC(c3[nH]ncc3Cc3ccccc3)C2)cn1. The zero-order chi connectivity index (χ0) is 19.2. The van der Waals surface area contributed by atoms with Crippen LogP contribution in [0.15, 0.2) is 48.9 Å². The number of aromatic amines is 1.